The van der Waals surface area contributed by atoms with Crippen molar-refractivity contribution in [1.82, 2.24) is 0 Å². The summed E-state index contributed by atoms with van der Waals surface area (Å²) in [5.74, 6) is -0.0822. The van der Waals surface area contributed by atoms with Crippen LogP contribution in [0.5, 0.6) is 0 Å². The molecule has 0 aliphatic carbocycles. The molecule has 0 saturated carbocycles. The maximum Gasteiger partial charge on any atom is 0.263 e. The van der Waals surface area contributed by atoms with Crippen molar-refractivity contribution in [3.63, 3.8) is 0 Å². The first-order chi connectivity index (χ1) is 10.8. The van der Waals surface area contributed by atoms with Gasteiger partial charge >= 0.3 is 0 Å². The SMILES string of the molecule is CCN1C(=O)c2ccccc2[S@+]([O-])c2ccc(C(C)(C)C)cc21. The Kier molecular flexibility index (Phi) is 3.98. The lowest BCUT2D eigenvalue weighted by molar-refractivity contribution is 0.0985. The summed E-state index contributed by atoms with van der Waals surface area (Å²) in [6, 6.07) is 13.1. The van der Waals surface area contributed by atoms with Gasteiger partial charge in [-0.05, 0) is 42.2 Å². The van der Waals surface area contributed by atoms with Crippen LogP contribution in [0.4, 0.5) is 5.69 Å². The second-order valence-electron chi connectivity index (χ2n) is 6.75. The van der Waals surface area contributed by atoms with Crippen LogP contribution in [0.1, 0.15) is 43.6 Å². The minimum Gasteiger partial charge on any atom is -0.606 e. The maximum atomic E-state index is 13.0. The zero-order chi connectivity index (χ0) is 16.8. The molecule has 0 radical (unpaired) electrons. The van der Waals surface area contributed by atoms with Gasteiger partial charge in [-0.3, -0.25) is 4.79 Å². The summed E-state index contributed by atoms with van der Waals surface area (Å²) in [6.07, 6.45) is 0. The van der Waals surface area contributed by atoms with Crippen LogP contribution in [0.15, 0.2) is 52.3 Å². The van der Waals surface area contributed by atoms with E-state index in [4.69, 9.17) is 0 Å². The van der Waals surface area contributed by atoms with Gasteiger partial charge < -0.3 is 9.45 Å². The lowest BCUT2D eigenvalue weighted by Crippen LogP contribution is -2.30. The number of hydrogen-bond donors (Lipinski definition) is 0. The third-order valence-corrected chi connectivity index (χ3v) is 5.69. The van der Waals surface area contributed by atoms with Crippen LogP contribution in [0.2, 0.25) is 0 Å². The van der Waals surface area contributed by atoms with Crippen LogP contribution in [-0.2, 0) is 16.6 Å². The first-order valence-electron chi connectivity index (χ1n) is 7.81. The molecule has 23 heavy (non-hydrogen) atoms. The number of rotatable bonds is 1. The number of anilines is 1. The van der Waals surface area contributed by atoms with Gasteiger partial charge in [-0.15, -0.1) is 0 Å². The average Bonchev–Trinajstić information content (AvgIpc) is 2.61. The molecule has 0 spiro atoms. The second-order valence-corrected chi connectivity index (χ2v) is 8.16. The van der Waals surface area contributed by atoms with Crippen molar-refractivity contribution in [2.45, 2.75) is 42.9 Å². The molecule has 0 N–H and O–H groups in total. The Morgan fingerprint density at radius 1 is 1.09 bits per heavy atom. The predicted molar refractivity (Wildman–Crippen MR) is 93.6 cm³/mol. The van der Waals surface area contributed by atoms with Crippen LogP contribution < -0.4 is 4.90 Å². The molecule has 1 amide bonds. The smallest absolute Gasteiger partial charge is 0.263 e. The van der Waals surface area contributed by atoms with E-state index in [1.165, 1.54) is 0 Å². The number of carbonyl (C=O) groups excluding carboxylic acids is 1. The summed E-state index contributed by atoms with van der Waals surface area (Å²) in [4.78, 5) is 16.0. The lowest BCUT2D eigenvalue weighted by Gasteiger charge is -2.24. The molecule has 1 aliphatic heterocycles. The van der Waals surface area contributed by atoms with Crippen molar-refractivity contribution in [2.75, 3.05) is 11.4 Å². The third-order valence-electron chi connectivity index (χ3n) is 4.19. The molecule has 0 bridgehead atoms. The van der Waals surface area contributed by atoms with E-state index in [0.29, 0.717) is 21.9 Å². The van der Waals surface area contributed by atoms with E-state index in [-0.39, 0.29) is 11.3 Å². The minimum absolute atomic E-state index is 0.0296. The molecule has 0 saturated heterocycles. The highest BCUT2D eigenvalue weighted by Crippen LogP contribution is 2.39. The van der Waals surface area contributed by atoms with Gasteiger partial charge in [0.25, 0.3) is 5.91 Å². The molecule has 1 aliphatic rings. The van der Waals surface area contributed by atoms with Gasteiger partial charge in [0.2, 0.25) is 0 Å². The van der Waals surface area contributed by atoms with Crippen LogP contribution in [0.3, 0.4) is 0 Å². The minimum atomic E-state index is -1.35. The van der Waals surface area contributed by atoms with Gasteiger partial charge in [0.1, 0.15) is 5.69 Å². The molecule has 1 atom stereocenters. The van der Waals surface area contributed by atoms with Crippen LogP contribution >= 0.6 is 0 Å². The van der Waals surface area contributed by atoms with E-state index in [9.17, 15) is 9.35 Å². The Morgan fingerprint density at radius 2 is 1.78 bits per heavy atom. The van der Waals surface area contributed by atoms with Gasteiger partial charge in [0, 0.05) is 17.7 Å². The molecule has 2 aromatic carbocycles. The molecular formula is C19H21NO2S. The number of nitrogens with zero attached hydrogens (tertiary/aromatic N) is 1. The Hall–Kier alpha value is -1.78. The van der Waals surface area contributed by atoms with Crippen LogP contribution in [-0.4, -0.2) is 17.0 Å². The molecular weight excluding hydrogens is 306 g/mol. The lowest BCUT2D eigenvalue weighted by atomic mass is 9.87. The number of carbonyl (C=O) groups is 1. The quantitative estimate of drug-likeness (QED) is 0.739. The van der Waals surface area contributed by atoms with Crippen molar-refractivity contribution in [3.8, 4) is 0 Å². The summed E-state index contributed by atoms with van der Waals surface area (Å²) in [7, 11) is 0. The number of benzene rings is 2. The third kappa shape index (κ3) is 2.66. The zero-order valence-electron chi connectivity index (χ0n) is 13.9. The van der Waals surface area contributed by atoms with Gasteiger partial charge in [0.05, 0.1) is 5.56 Å². The van der Waals surface area contributed by atoms with Crippen molar-refractivity contribution >= 4 is 22.8 Å². The summed E-state index contributed by atoms with van der Waals surface area (Å²) in [5, 5.41) is 0. The van der Waals surface area contributed by atoms with Crippen molar-refractivity contribution < 1.29 is 9.35 Å². The summed E-state index contributed by atoms with van der Waals surface area (Å²) < 4.78 is 13.0. The molecule has 0 unspecified atom stereocenters. The molecule has 4 heteroatoms. The van der Waals surface area contributed by atoms with E-state index in [1.54, 1.807) is 17.0 Å². The normalized spacial score (nSPS) is 17.5. The molecule has 3 nitrogen and oxygen atoms in total. The van der Waals surface area contributed by atoms with Gasteiger partial charge in [-0.25, -0.2) is 0 Å². The van der Waals surface area contributed by atoms with E-state index in [2.05, 4.69) is 20.8 Å². The van der Waals surface area contributed by atoms with E-state index in [0.717, 1.165) is 11.3 Å². The highest BCUT2D eigenvalue weighted by Gasteiger charge is 2.35. The molecule has 0 fully saturated rings. The highest BCUT2D eigenvalue weighted by molar-refractivity contribution is 7.91. The fraction of sp³-hybridized carbons (Fsp3) is 0.316. The number of amides is 1. The molecule has 3 rings (SSSR count). The number of hydrogen-bond acceptors (Lipinski definition) is 2. The Morgan fingerprint density at radius 3 is 2.43 bits per heavy atom. The summed E-state index contributed by atoms with van der Waals surface area (Å²) in [6.45, 7) is 8.90. The second kappa shape index (κ2) is 5.69. The first-order valence-corrected chi connectivity index (χ1v) is 8.96. The monoisotopic (exact) mass is 327 g/mol. The molecule has 120 valence electrons. The standard InChI is InChI=1S/C19H21NO2S/c1-5-20-15-12-13(19(2,3)4)10-11-17(15)23(22)16-9-7-6-8-14(16)18(20)21/h6-12H,5H2,1-4H3/t23-/m0/s1. The highest BCUT2D eigenvalue weighted by atomic mass is 32.2. The van der Waals surface area contributed by atoms with Crippen molar-refractivity contribution in [1.29, 1.82) is 0 Å². The van der Waals surface area contributed by atoms with Gasteiger partial charge in [-0.2, -0.15) is 0 Å². The number of fused-ring (bicyclic) bond motifs is 2. The Bertz CT molecular complexity index is 764. The molecule has 0 aromatic heterocycles. The van der Waals surface area contributed by atoms with Crippen molar-refractivity contribution in [2.24, 2.45) is 0 Å². The molecule has 2 aromatic rings. The first kappa shape index (κ1) is 16.1. The van der Waals surface area contributed by atoms with E-state index in [1.807, 2.05) is 37.3 Å². The fourth-order valence-electron chi connectivity index (χ4n) is 2.84. The largest absolute Gasteiger partial charge is 0.606 e. The maximum absolute atomic E-state index is 13.0. The average molecular weight is 327 g/mol. The molecule has 1 heterocycles. The van der Waals surface area contributed by atoms with Crippen LogP contribution in [0.25, 0.3) is 0 Å². The van der Waals surface area contributed by atoms with Crippen molar-refractivity contribution in [3.05, 3.63) is 53.6 Å². The summed E-state index contributed by atoms with van der Waals surface area (Å²) in [5.41, 5.74) is 2.39. The van der Waals surface area contributed by atoms with E-state index >= 15 is 0 Å². The fourth-order valence-corrected chi connectivity index (χ4v) is 4.19. The zero-order valence-corrected chi connectivity index (χ0v) is 14.7. The van der Waals surface area contributed by atoms with Gasteiger partial charge in [-0.1, -0.05) is 39.0 Å². The Labute approximate surface area is 140 Å². The topological polar surface area (TPSA) is 43.4 Å². The Balaban J connectivity index is 2.26. The van der Waals surface area contributed by atoms with Gasteiger partial charge in [0.15, 0.2) is 9.79 Å². The van der Waals surface area contributed by atoms with Crippen LogP contribution in [0, 0.1) is 0 Å². The summed E-state index contributed by atoms with van der Waals surface area (Å²) >= 11 is -1.35. The predicted octanol–water partition coefficient (Wildman–Crippen LogP) is 4.13. The van der Waals surface area contributed by atoms with E-state index < -0.39 is 11.2 Å².